The summed E-state index contributed by atoms with van der Waals surface area (Å²) >= 11 is 6.82. The lowest BCUT2D eigenvalue weighted by Crippen LogP contribution is -2.44. The van der Waals surface area contributed by atoms with E-state index in [4.69, 9.17) is 25.8 Å². The van der Waals surface area contributed by atoms with E-state index in [1.165, 1.54) is 7.11 Å². The number of amides is 1. The summed E-state index contributed by atoms with van der Waals surface area (Å²) in [6.07, 6.45) is 2.27. The van der Waals surface area contributed by atoms with Gasteiger partial charge in [0.2, 0.25) is 0 Å². The molecule has 2 aromatic rings. The molecular weight excluding hydrogens is 580 g/mol. The van der Waals surface area contributed by atoms with E-state index in [0.717, 1.165) is 24.2 Å². The molecule has 8 nitrogen and oxygen atoms in total. The highest BCUT2D eigenvalue weighted by molar-refractivity contribution is 6.32. The Morgan fingerprint density at radius 1 is 0.909 bits per heavy atom. The second-order valence-electron chi connectivity index (χ2n) is 13.4. The highest BCUT2D eigenvalue weighted by Crippen LogP contribution is 2.55. The summed E-state index contributed by atoms with van der Waals surface area (Å²) in [5.74, 6) is 0.375. The predicted octanol–water partition coefficient (Wildman–Crippen LogP) is 7.08. The maximum atomic E-state index is 13.9. The zero-order chi connectivity index (χ0) is 32.0. The van der Waals surface area contributed by atoms with Crippen molar-refractivity contribution in [2.45, 2.75) is 66.2 Å². The molecule has 0 saturated heterocycles. The van der Waals surface area contributed by atoms with E-state index in [0.29, 0.717) is 53.3 Å². The van der Waals surface area contributed by atoms with E-state index in [2.05, 4.69) is 44.8 Å². The molecule has 2 aromatic carbocycles. The largest absolute Gasteiger partial charge is 0.497 e. The second-order valence-corrected chi connectivity index (χ2v) is 13.8. The van der Waals surface area contributed by atoms with Gasteiger partial charge in [0.1, 0.15) is 5.75 Å². The molecule has 1 aliphatic heterocycles. The molecule has 0 unspecified atom stereocenters. The average molecular weight is 621 g/mol. The number of hydrogen-bond donors (Lipinski definition) is 1. The molecule has 44 heavy (non-hydrogen) atoms. The Hall–Kier alpha value is -3.78. The number of ether oxygens (including phenoxy) is 3. The number of Topliss-reactive ketones (excluding diaryl/α,β-unsaturated/α-hetero) is 2. The van der Waals surface area contributed by atoms with Crippen LogP contribution >= 0.6 is 11.6 Å². The lowest BCUT2D eigenvalue weighted by Gasteiger charge is -2.49. The van der Waals surface area contributed by atoms with Crippen molar-refractivity contribution >= 4 is 34.8 Å². The van der Waals surface area contributed by atoms with Crippen LogP contribution in [0.2, 0.25) is 5.02 Å². The van der Waals surface area contributed by atoms with Gasteiger partial charge in [0.15, 0.2) is 29.7 Å². The standard InChI is InChI=1S/C35H41ClN2O6/c1-8-38-24-15-34(2,3)17-26(39)31(24)30(32-25(38)16-35(4,5)18-27(32)40)20-13-23(36)33(28(14-20)43-7)44-19-29(41)37-21-9-11-22(42-6)12-10-21/h9-14,30H,8,15-19H2,1-7H3,(H,37,41). The van der Waals surface area contributed by atoms with Gasteiger partial charge in [-0.1, -0.05) is 39.3 Å². The van der Waals surface area contributed by atoms with Crippen LogP contribution in [-0.2, 0) is 14.4 Å². The SMILES string of the molecule is CCN1C2=C(C(=O)CC(C)(C)C2)C(c2cc(Cl)c(OCC(=O)Nc3ccc(OC)cc3)c(OC)c2)C2=C1CC(C)(C)CC2=O. The van der Waals surface area contributed by atoms with Crippen molar-refractivity contribution in [3.8, 4) is 17.2 Å². The fourth-order valence-electron chi connectivity index (χ4n) is 6.82. The van der Waals surface area contributed by atoms with Crippen molar-refractivity contribution < 1.29 is 28.6 Å². The minimum absolute atomic E-state index is 0.0505. The van der Waals surface area contributed by atoms with Gasteiger partial charge in [0, 0.05) is 53.5 Å². The smallest absolute Gasteiger partial charge is 0.262 e. The van der Waals surface area contributed by atoms with Crippen LogP contribution in [0.5, 0.6) is 17.2 Å². The number of nitrogens with one attached hydrogen (secondary N) is 1. The Morgan fingerprint density at radius 2 is 1.48 bits per heavy atom. The zero-order valence-corrected chi connectivity index (χ0v) is 27.3. The zero-order valence-electron chi connectivity index (χ0n) is 26.6. The van der Waals surface area contributed by atoms with Crippen molar-refractivity contribution in [2.75, 3.05) is 32.7 Å². The highest BCUT2D eigenvalue weighted by Gasteiger charge is 2.48. The summed E-state index contributed by atoms with van der Waals surface area (Å²) < 4.78 is 16.7. The number of halogens is 1. The maximum absolute atomic E-state index is 13.9. The molecule has 234 valence electrons. The third kappa shape index (κ3) is 6.09. The van der Waals surface area contributed by atoms with Crippen LogP contribution in [-0.4, -0.2) is 49.7 Å². The van der Waals surface area contributed by atoms with Crippen LogP contribution in [0.3, 0.4) is 0 Å². The first kappa shape index (κ1) is 31.6. The average Bonchev–Trinajstić information content (AvgIpc) is 2.94. The maximum Gasteiger partial charge on any atom is 0.262 e. The van der Waals surface area contributed by atoms with Crippen molar-refractivity contribution in [1.82, 2.24) is 4.90 Å². The van der Waals surface area contributed by atoms with E-state index in [1.54, 1.807) is 43.5 Å². The summed E-state index contributed by atoms with van der Waals surface area (Å²) in [5, 5.41) is 3.01. The highest BCUT2D eigenvalue weighted by atomic mass is 35.5. The summed E-state index contributed by atoms with van der Waals surface area (Å²) in [6.45, 7) is 10.9. The van der Waals surface area contributed by atoms with Crippen molar-refractivity contribution in [2.24, 2.45) is 10.8 Å². The van der Waals surface area contributed by atoms with Crippen molar-refractivity contribution in [3.05, 3.63) is 69.5 Å². The first-order chi connectivity index (χ1) is 20.8. The number of benzene rings is 2. The Labute approximate surface area is 264 Å². The van der Waals surface area contributed by atoms with Crippen molar-refractivity contribution in [1.29, 1.82) is 0 Å². The molecule has 0 atom stereocenters. The van der Waals surface area contributed by atoms with Gasteiger partial charge < -0.3 is 24.4 Å². The van der Waals surface area contributed by atoms with Gasteiger partial charge in [-0.25, -0.2) is 0 Å². The molecule has 0 fully saturated rings. The van der Waals surface area contributed by atoms with Crippen LogP contribution in [0, 0.1) is 10.8 Å². The number of rotatable bonds is 8. The topological polar surface area (TPSA) is 94.2 Å². The minimum Gasteiger partial charge on any atom is -0.497 e. The molecule has 0 spiro atoms. The molecule has 0 saturated carbocycles. The van der Waals surface area contributed by atoms with Gasteiger partial charge in [0.05, 0.1) is 19.2 Å². The van der Waals surface area contributed by atoms with Crippen LogP contribution in [0.15, 0.2) is 58.9 Å². The van der Waals surface area contributed by atoms with Gasteiger partial charge >= 0.3 is 0 Å². The fourth-order valence-corrected chi connectivity index (χ4v) is 7.09. The lowest BCUT2D eigenvalue weighted by atomic mass is 9.63. The first-order valence-electron chi connectivity index (χ1n) is 15.0. The van der Waals surface area contributed by atoms with Gasteiger partial charge in [-0.2, -0.15) is 0 Å². The molecule has 0 aromatic heterocycles. The number of carbonyl (C=O) groups is 3. The molecule has 0 bridgehead atoms. The monoisotopic (exact) mass is 620 g/mol. The number of methoxy groups -OCH3 is 2. The summed E-state index contributed by atoms with van der Waals surface area (Å²) in [7, 11) is 3.07. The molecule has 3 aliphatic rings. The number of ketones is 2. The molecular formula is C35H41ClN2O6. The van der Waals surface area contributed by atoms with Gasteiger partial charge in [-0.15, -0.1) is 0 Å². The number of hydrogen-bond acceptors (Lipinski definition) is 7. The Morgan fingerprint density at radius 3 is 1.98 bits per heavy atom. The minimum atomic E-state index is -0.561. The third-order valence-electron chi connectivity index (χ3n) is 8.64. The molecule has 1 N–H and O–H groups in total. The van der Waals surface area contributed by atoms with Crippen molar-refractivity contribution in [3.63, 3.8) is 0 Å². The quantitative estimate of drug-likeness (QED) is 0.337. The van der Waals surface area contributed by atoms with Gasteiger partial charge in [-0.3, -0.25) is 14.4 Å². The number of anilines is 1. The molecule has 9 heteroatoms. The second kappa shape index (κ2) is 12.0. The van der Waals surface area contributed by atoms with E-state index in [1.807, 2.05) is 0 Å². The van der Waals surface area contributed by atoms with E-state index < -0.39 is 5.92 Å². The van der Waals surface area contributed by atoms with Crippen LogP contribution in [0.25, 0.3) is 0 Å². The van der Waals surface area contributed by atoms with E-state index in [-0.39, 0.29) is 45.7 Å². The Balaban J connectivity index is 1.52. The summed E-state index contributed by atoms with van der Waals surface area (Å²) in [5.41, 5.74) is 4.23. The first-order valence-corrected chi connectivity index (χ1v) is 15.4. The molecule has 0 radical (unpaired) electrons. The number of carbonyl (C=O) groups excluding carboxylic acids is 3. The normalized spacial score (nSPS) is 19.4. The molecule has 5 rings (SSSR count). The summed E-state index contributed by atoms with van der Waals surface area (Å²) in [4.78, 5) is 42.7. The van der Waals surface area contributed by atoms with Crippen LogP contribution in [0.4, 0.5) is 5.69 Å². The third-order valence-corrected chi connectivity index (χ3v) is 8.93. The van der Waals surface area contributed by atoms with Crippen LogP contribution in [0.1, 0.15) is 71.8 Å². The predicted molar refractivity (Wildman–Crippen MR) is 170 cm³/mol. The Kier molecular flexibility index (Phi) is 8.60. The summed E-state index contributed by atoms with van der Waals surface area (Å²) in [6, 6.07) is 10.5. The molecule has 1 heterocycles. The lowest BCUT2D eigenvalue weighted by molar-refractivity contribution is -0.120. The fraction of sp³-hybridized carbons (Fsp3) is 0.457. The Bertz CT molecular complexity index is 1520. The van der Waals surface area contributed by atoms with Gasteiger partial charge in [-0.05, 0) is 72.6 Å². The molecule has 1 amide bonds. The molecule has 2 aliphatic carbocycles. The van der Waals surface area contributed by atoms with E-state index in [9.17, 15) is 14.4 Å². The van der Waals surface area contributed by atoms with Gasteiger partial charge in [0.25, 0.3) is 5.91 Å². The van der Waals surface area contributed by atoms with E-state index >= 15 is 0 Å². The number of allylic oxidation sites excluding steroid dienone is 4. The van der Waals surface area contributed by atoms with Crippen LogP contribution < -0.4 is 19.5 Å². The number of nitrogens with zero attached hydrogens (tertiary/aromatic N) is 1.